The number of hydrogen-bond donors (Lipinski definition) is 2. The Hall–Kier alpha value is -1.89. The summed E-state index contributed by atoms with van der Waals surface area (Å²) in [7, 11) is -0.877. The summed E-state index contributed by atoms with van der Waals surface area (Å²) in [5, 5.41) is 11.6. The van der Waals surface area contributed by atoms with Crippen LogP contribution >= 0.6 is 0 Å². The minimum Gasteiger partial charge on any atom is -0.478 e. The summed E-state index contributed by atoms with van der Waals surface area (Å²) in [6, 6.07) is 6.14. The van der Waals surface area contributed by atoms with E-state index in [0.717, 1.165) is 5.56 Å². The van der Waals surface area contributed by atoms with Gasteiger partial charge in [0.25, 0.3) is 0 Å². The van der Waals surface area contributed by atoms with Gasteiger partial charge in [-0.15, -0.1) is 0 Å². The fourth-order valence-corrected chi connectivity index (χ4v) is 3.72. The molecule has 1 fully saturated rings. The van der Waals surface area contributed by atoms with Gasteiger partial charge in [0.05, 0.1) is 10.8 Å². The molecule has 1 saturated heterocycles. The number of aromatic carboxylic acids is 1. The van der Waals surface area contributed by atoms with Crippen molar-refractivity contribution >= 4 is 22.8 Å². The molecule has 0 saturated carbocycles. The molecular weight excluding hydrogens is 304 g/mol. The van der Waals surface area contributed by atoms with Crippen LogP contribution in [0.2, 0.25) is 0 Å². The van der Waals surface area contributed by atoms with E-state index in [4.69, 9.17) is 5.11 Å². The number of carbonyl (C=O) groups excluding carboxylic acids is 1. The van der Waals surface area contributed by atoms with Gasteiger partial charge in [0.2, 0.25) is 0 Å². The molecule has 1 aromatic rings. The van der Waals surface area contributed by atoms with E-state index in [9.17, 15) is 13.8 Å². The molecule has 0 bridgehead atoms. The van der Waals surface area contributed by atoms with E-state index in [2.05, 4.69) is 5.32 Å². The van der Waals surface area contributed by atoms with Crippen LogP contribution in [0.15, 0.2) is 24.3 Å². The molecular formula is C15H20N2O4S. The number of hydrogen-bond acceptors (Lipinski definition) is 3. The lowest BCUT2D eigenvalue weighted by atomic mass is 10.1. The Morgan fingerprint density at radius 3 is 2.55 bits per heavy atom. The van der Waals surface area contributed by atoms with Crippen LogP contribution < -0.4 is 5.32 Å². The van der Waals surface area contributed by atoms with Crippen LogP contribution in [-0.2, 0) is 17.3 Å². The summed E-state index contributed by atoms with van der Waals surface area (Å²) >= 11 is 0. The molecule has 6 nitrogen and oxygen atoms in total. The molecule has 2 amide bonds. The van der Waals surface area contributed by atoms with Crippen molar-refractivity contribution in [2.24, 2.45) is 0 Å². The fourth-order valence-electron chi connectivity index (χ4n) is 2.38. The van der Waals surface area contributed by atoms with Crippen LogP contribution in [0.3, 0.4) is 0 Å². The van der Waals surface area contributed by atoms with Crippen molar-refractivity contribution < 1.29 is 18.9 Å². The van der Waals surface area contributed by atoms with Crippen molar-refractivity contribution in [3.8, 4) is 0 Å². The largest absolute Gasteiger partial charge is 0.478 e. The minimum absolute atomic E-state index is 0.0330. The smallest absolute Gasteiger partial charge is 0.335 e. The normalized spacial score (nSPS) is 24.8. The third kappa shape index (κ3) is 3.65. The maximum Gasteiger partial charge on any atom is 0.335 e. The van der Waals surface area contributed by atoms with Crippen LogP contribution in [0.1, 0.15) is 29.8 Å². The van der Waals surface area contributed by atoms with E-state index in [1.807, 2.05) is 13.8 Å². The molecule has 0 radical (unpaired) electrons. The summed E-state index contributed by atoms with van der Waals surface area (Å²) in [6.07, 6.45) is 0. The SMILES string of the molecule is CC1C(C)S(=O)CCN1C(=O)NCc1ccc(C(=O)O)cc1. The number of carboxylic acid groups (broad SMARTS) is 1. The molecule has 3 atom stereocenters. The van der Waals surface area contributed by atoms with Crippen molar-refractivity contribution in [1.82, 2.24) is 10.2 Å². The fraction of sp³-hybridized carbons (Fsp3) is 0.467. The molecule has 1 heterocycles. The van der Waals surface area contributed by atoms with Gasteiger partial charge in [-0.1, -0.05) is 12.1 Å². The van der Waals surface area contributed by atoms with E-state index in [0.29, 0.717) is 18.8 Å². The number of nitrogens with zero attached hydrogens (tertiary/aromatic N) is 1. The van der Waals surface area contributed by atoms with Gasteiger partial charge in [0.15, 0.2) is 0 Å². The molecule has 0 aromatic heterocycles. The number of amides is 2. The van der Waals surface area contributed by atoms with Crippen molar-refractivity contribution in [3.05, 3.63) is 35.4 Å². The predicted octanol–water partition coefficient (Wildman–Crippen LogP) is 1.44. The first-order chi connectivity index (χ1) is 10.4. The molecule has 3 unspecified atom stereocenters. The summed E-state index contributed by atoms with van der Waals surface area (Å²) in [5.41, 5.74) is 1.05. The lowest BCUT2D eigenvalue weighted by molar-refractivity contribution is 0.0697. The highest BCUT2D eigenvalue weighted by Gasteiger charge is 2.32. The van der Waals surface area contributed by atoms with E-state index in [-0.39, 0.29) is 22.9 Å². The highest BCUT2D eigenvalue weighted by molar-refractivity contribution is 7.85. The predicted molar refractivity (Wildman–Crippen MR) is 84.3 cm³/mol. The van der Waals surface area contributed by atoms with Crippen LogP contribution in [0.25, 0.3) is 0 Å². The Kier molecular flexibility index (Phi) is 5.18. The average molecular weight is 324 g/mol. The maximum atomic E-state index is 12.2. The van der Waals surface area contributed by atoms with E-state index < -0.39 is 16.8 Å². The lowest BCUT2D eigenvalue weighted by Crippen LogP contribution is -2.55. The molecule has 22 heavy (non-hydrogen) atoms. The Bertz CT molecular complexity index is 588. The maximum absolute atomic E-state index is 12.2. The van der Waals surface area contributed by atoms with Crippen LogP contribution in [-0.4, -0.2) is 49.8 Å². The monoisotopic (exact) mass is 324 g/mol. The van der Waals surface area contributed by atoms with Gasteiger partial charge in [0, 0.05) is 35.7 Å². The van der Waals surface area contributed by atoms with Crippen molar-refractivity contribution in [1.29, 1.82) is 0 Å². The van der Waals surface area contributed by atoms with Gasteiger partial charge in [-0.25, -0.2) is 9.59 Å². The van der Waals surface area contributed by atoms with E-state index >= 15 is 0 Å². The topological polar surface area (TPSA) is 86.7 Å². The van der Waals surface area contributed by atoms with Gasteiger partial charge < -0.3 is 15.3 Å². The van der Waals surface area contributed by atoms with Gasteiger partial charge in [-0.2, -0.15) is 0 Å². The third-order valence-corrected chi connectivity index (χ3v) is 5.83. The highest BCUT2D eigenvalue weighted by atomic mass is 32.2. The quantitative estimate of drug-likeness (QED) is 0.881. The first-order valence-electron chi connectivity index (χ1n) is 7.14. The zero-order chi connectivity index (χ0) is 16.3. The van der Waals surface area contributed by atoms with E-state index in [1.165, 1.54) is 12.1 Å². The van der Waals surface area contributed by atoms with Crippen LogP contribution in [0.5, 0.6) is 0 Å². The summed E-state index contributed by atoms with van der Waals surface area (Å²) in [4.78, 5) is 24.7. The van der Waals surface area contributed by atoms with Gasteiger partial charge in [-0.05, 0) is 31.5 Å². The molecule has 0 aliphatic carbocycles. The molecule has 1 aliphatic heterocycles. The standard InChI is InChI=1S/C15H20N2O4S/c1-10-11(2)22(21)8-7-17(10)15(20)16-9-12-3-5-13(6-4-12)14(18)19/h3-6,10-11H,7-9H2,1-2H3,(H,16,20)(H,18,19). The molecule has 120 valence electrons. The van der Waals surface area contributed by atoms with Crippen molar-refractivity contribution in [2.75, 3.05) is 12.3 Å². The number of nitrogens with one attached hydrogen (secondary N) is 1. The number of urea groups is 1. The molecule has 2 rings (SSSR count). The third-order valence-electron chi connectivity index (χ3n) is 4.02. The summed E-state index contributed by atoms with van der Waals surface area (Å²) in [6.45, 7) is 4.62. The van der Waals surface area contributed by atoms with Crippen molar-refractivity contribution in [3.63, 3.8) is 0 Å². The molecule has 1 aromatic carbocycles. The van der Waals surface area contributed by atoms with Gasteiger partial charge in [-0.3, -0.25) is 4.21 Å². The van der Waals surface area contributed by atoms with Crippen LogP contribution in [0.4, 0.5) is 4.79 Å². The Labute approximate surface area is 132 Å². The second-order valence-corrected chi connectivity index (χ2v) is 7.30. The van der Waals surface area contributed by atoms with Gasteiger partial charge >= 0.3 is 12.0 Å². The Morgan fingerprint density at radius 1 is 1.32 bits per heavy atom. The lowest BCUT2D eigenvalue weighted by Gasteiger charge is -2.37. The number of carbonyl (C=O) groups is 2. The summed E-state index contributed by atoms with van der Waals surface area (Å²) in [5.74, 6) is -0.466. The zero-order valence-electron chi connectivity index (χ0n) is 12.6. The number of carboxylic acids is 1. The van der Waals surface area contributed by atoms with E-state index in [1.54, 1.807) is 17.0 Å². The van der Waals surface area contributed by atoms with Crippen molar-refractivity contribution in [2.45, 2.75) is 31.7 Å². The summed E-state index contributed by atoms with van der Waals surface area (Å²) < 4.78 is 11.7. The zero-order valence-corrected chi connectivity index (χ0v) is 13.4. The molecule has 2 N–H and O–H groups in total. The average Bonchev–Trinajstić information content (AvgIpc) is 2.51. The Balaban J connectivity index is 1.92. The first-order valence-corrected chi connectivity index (χ1v) is 8.52. The highest BCUT2D eigenvalue weighted by Crippen LogP contribution is 2.16. The molecule has 1 aliphatic rings. The number of rotatable bonds is 3. The second kappa shape index (κ2) is 6.91. The Morgan fingerprint density at radius 2 is 1.95 bits per heavy atom. The number of benzene rings is 1. The second-order valence-electron chi connectivity index (χ2n) is 5.38. The van der Waals surface area contributed by atoms with Crippen LogP contribution in [0, 0.1) is 0 Å². The molecule has 7 heteroatoms. The first kappa shape index (κ1) is 16.5. The molecule has 0 spiro atoms. The minimum atomic E-state index is -0.972. The van der Waals surface area contributed by atoms with Gasteiger partial charge in [0.1, 0.15) is 0 Å².